The lowest BCUT2D eigenvalue weighted by Gasteiger charge is -2.20. The Morgan fingerprint density at radius 2 is 1.67 bits per heavy atom. The van der Waals surface area contributed by atoms with Crippen LogP contribution in [-0.4, -0.2) is 12.6 Å². The second-order valence-corrected chi connectivity index (χ2v) is 4.31. The van der Waals surface area contributed by atoms with Gasteiger partial charge in [-0.3, -0.25) is 0 Å². The van der Waals surface area contributed by atoms with E-state index >= 15 is 0 Å². The minimum Gasteiger partial charge on any atom is -0.314 e. The molecule has 0 saturated heterocycles. The summed E-state index contributed by atoms with van der Waals surface area (Å²) in [5.41, 5.74) is 0. The Hall–Kier alpha value is -0.0400. The van der Waals surface area contributed by atoms with E-state index in [1.54, 1.807) is 0 Å². The SMILES string of the molecule is CC[C@H](C)[C@H](C)NCCC(C)C. The number of hydrogen-bond acceptors (Lipinski definition) is 1. The fraction of sp³-hybridized carbons (Fsp3) is 1.00. The second kappa shape index (κ2) is 6.47. The maximum Gasteiger partial charge on any atom is 0.00642 e. The summed E-state index contributed by atoms with van der Waals surface area (Å²) in [7, 11) is 0. The molecular formula is C11H25N. The van der Waals surface area contributed by atoms with Crippen LogP contribution in [0, 0.1) is 11.8 Å². The lowest BCUT2D eigenvalue weighted by Crippen LogP contribution is -2.33. The number of rotatable bonds is 6. The Kier molecular flexibility index (Phi) is 6.45. The van der Waals surface area contributed by atoms with Crippen molar-refractivity contribution >= 4 is 0 Å². The van der Waals surface area contributed by atoms with Gasteiger partial charge in [-0.2, -0.15) is 0 Å². The molecule has 0 aliphatic carbocycles. The molecule has 0 saturated carbocycles. The topological polar surface area (TPSA) is 12.0 Å². The molecule has 1 N–H and O–H groups in total. The van der Waals surface area contributed by atoms with Crippen LogP contribution in [0.25, 0.3) is 0 Å². The van der Waals surface area contributed by atoms with E-state index in [0.717, 1.165) is 11.8 Å². The summed E-state index contributed by atoms with van der Waals surface area (Å²) < 4.78 is 0. The van der Waals surface area contributed by atoms with Crippen LogP contribution < -0.4 is 5.32 Å². The lowest BCUT2D eigenvalue weighted by atomic mass is 10.0. The fourth-order valence-corrected chi connectivity index (χ4v) is 1.15. The smallest absolute Gasteiger partial charge is 0.00642 e. The maximum absolute atomic E-state index is 3.56. The van der Waals surface area contributed by atoms with Gasteiger partial charge in [0, 0.05) is 6.04 Å². The molecule has 0 rings (SSSR count). The summed E-state index contributed by atoms with van der Waals surface area (Å²) >= 11 is 0. The zero-order chi connectivity index (χ0) is 9.56. The molecule has 0 aliphatic heterocycles. The van der Waals surface area contributed by atoms with Gasteiger partial charge in [0.1, 0.15) is 0 Å². The first kappa shape index (κ1) is 12.0. The van der Waals surface area contributed by atoms with Gasteiger partial charge in [-0.1, -0.05) is 34.1 Å². The van der Waals surface area contributed by atoms with Crippen molar-refractivity contribution in [2.45, 2.75) is 53.5 Å². The first-order valence-corrected chi connectivity index (χ1v) is 5.31. The Labute approximate surface area is 77.9 Å². The molecule has 12 heavy (non-hydrogen) atoms. The molecule has 0 aromatic heterocycles. The molecule has 1 heteroatoms. The highest BCUT2D eigenvalue weighted by molar-refractivity contribution is 4.66. The molecule has 74 valence electrons. The fourth-order valence-electron chi connectivity index (χ4n) is 1.15. The van der Waals surface area contributed by atoms with Gasteiger partial charge in [0.25, 0.3) is 0 Å². The van der Waals surface area contributed by atoms with E-state index in [0.29, 0.717) is 6.04 Å². The van der Waals surface area contributed by atoms with Gasteiger partial charge in [0.15, 0.2) is 0 Å². The minimum atomic E-state index is 0.675. The average molecular weight is 171 g/mol. The van der Waals surface area contributed by atoms with Crippen molar-refractivity contribution in [3.05, 3.63) is 0 Å². The van der Waals surface area contributed by atoms with E-state index in [9.17, 15) is 0 Å². The highest BCUT2D eigenvalue weighted by atomic mass is 14.9. The summed E-state index contributed by atoms with van der Waals surface area (Å²) in [6.07, 6.45) is 2.57. The first-order valence-electron chi connectivity index (χ1n) is 5.31. The van der Waals surface area contributed by atoms with Crippen LogP contribution in [0.3, 0.4) is 0 Å². The lowest BCUT2D eigenvalue weighted by molar-refractivity contribution is 0.378. The van der Waals surface area contributed by atoms with Crippen molar-refractivity contribution in [2.75, 3.05) is 6.54 Å². The molecule has 0 aliphatic rings. The Balaban J connectivity index is 3.37. The van der Waals surface area contributed by atoms with Crippen LogP contribution in [0.5, 0.6) is 0 Å². The predicted octanol–water partition coefficient (Wildman–Crippen LogP) is 3.06. The van der Waals surface area contributed by atoms with Gasteiger partial charge in [-0.25, -0.2) is 0 Å². The van der Waals surface area contributed by atoms with Gasteiger partial charge in [0.05, 0.1) is 0 Å². The zero-order valence-electron chi connectivity index (χ0n) is 9.35. The molecule has 0 fully saturated rings. The second-order valence-electron chi connectivity index (χ2n) is 4.31. The maximum atomic E-state index is 3.56. The van der Waals surface area contributed by atoms with Crippen LogP contribution in [0.2, 0.25) is 0 Å². The third kappa shape index (κ3) is 5.59. The van der Waals surface area contributed by atoms with E-state index in [-0.39, 0.29) is 0 Å². The van der Waals surface area contributed by atoms with E-state index in [2.05, 4.69) is 39.9 Å². The third-order valence-electron chi connectivity index (χ3n) is 2.69. The van der Waals surface area contributed by atoms with Crippen molar-refractivity contribution in [1.82, 2.24) is 5.32 Å². The van der Waals surface area contributed by atoms with Crippen LogP contribution in [0.15, 0.2) is 0 Å². The quantitative estimate of drug-likeness (QED) is 0.647. The van der Waals surface area contributed by atoms with Gasteiger partial charge in [0.2, 0.25) is 0 Å². The number of nitrogens with one attached hydrogen (secondary N) is 1. The summed E-state index contributed by atoms with van der Waals surface area (Å²) in [5.74, 6) is 1.62. The molecule has 2 atom stereocenters. The van der Waals surface area contributed by atoms with E-state index in [1.807, 2.05) is 0 Å². The van der Waals surface area contributed by atoms with Gasteiger partial charge >= 0.3 is 0 Å². The molecule has 1 nitrogen and oxygen atoms in total. The van der Waals surface area contributed by atoms with E-state index in [1.165, 1.54) is 19.4 Å². The van der Waals surface area contributed by atoms with Crippen molar-refractivity contribution in [3.8, 4) is 0 Å². The molecule has 0 amide bonds. The molecule has 0 bridgehead atoms. The van der Waals surface area contributed by atoms with Crippen LogP contribution >= 0.6 is 0 Å². The molecule has 0 spiro atoms. The monoisotopic (exact) mass is 171 g/mol. The average Bonchev–Trinajstić information content (AvgIpc) is 2.02. The van der Waals surface area contributed by atoms with Crippen molar-refractivity contribution in [1.29, 1.82) is 0 Å². The van der Waals surface area contributed by atoms with Crippen LogP contribution in [0.4, 0.5) is 0 Å². The van der Waals surface area contributed by atoms with Gasteiger partial charge < -0.3 is 5.32 Å². The van der Waals surface area contributed by atoms with Crippen molar-refractivity contribution in [2.24, 2.45) is 11.8 Å². The largest absolute Gasteiger partial charge is 0.314 e. The number of hydrogen-bond donors (Lipinski definition) is 1. The molecule has 0 aromatic carbocycles. The molecular weight excluding hydrogens is 146 g/mol. The molecule has 0 radical (unpaired) electrons. The third-order valence-corrected chi connectivity index (χ3v) is 2.69. The highest BCUT2D eigenvalue weighted by Gasteiger charge is 2.08. The van der Waals surface area contributed by atoms with Crippen molar-refractivity contribution in [3.63, 3.8) is 0 Å². The van der Waals surface area contributed by atoms with E-state index < -0.39 is 0 Å². The van der Waals surface area contributed by atoms with Gasteiger partial charge in [-0.15, -0.1) is 0 Å². The zero-order valence-corrected chi connectivity index (χ0v) is 9.35. The molecule has 0 unspecified atom stereocenters. The predicted molar refractivity (Wildman–Crippen MR) is 56.4 cm³/mol. The van der Waals surface area contributed by atoms with Gasteiger partial charge in [-0.05, 0) is 31.7 Å². The first-order chi connectivity index (χ1) is 5.57. The van der Waals surface area contributed by atoms with Crippen LogP contribution in [0.1, 0.15) is 47.5 Å². The Bertz CT molecular complexity index is 99.2. The highest BCUT2D eigenvalue weighted by Crippen LogP contribution is 2.07. The summed E-state index contributed by atoms with van der Waals surface area (Å²) in [6, 6.07) is 0.675. The minimum absolute atomic E-state index is 0.675. The summed E-state index contributed by atoms with van der Waals surface area (Å²) in [6.45, 7) is 12.6. The normalized spacial score (nSPS) is 16.5. The standard InChI is InChI=1S/C11H25N/c1-6-10(4)11(5)12-8-7-9(2)3/h9-12H,6-8H2,1-5H3/t10-,11-/m0/s1. The Morgan fingerprint density at radius 1 is 1.08 bits per heavy atom. The van der Waals surface area contributed by atoms with Crippen LogP contribution in [-0.2, 0) is 0 Å². The Morgan fingerprint density at radius 3 is 2.08 bits per heavy atom. The molecule has 0 heterocycles. The molecule has 0 aromatic rings. The summed E-state index contributed by atoms with van der Waals surface area (Å²) in [4.78, 5) is 0. The van der Waals surface area contributed by atoms with Crippen molar-refractivity contribution < 1.29 is 0 Å². The van der Waals surface area contributed by atoms with E-state index in [4.69, 9.17) is 0 Å². The summed E-state index contributed by atoms with van der Waals surface area (Å²) in [5, 5.41) is 3.56.